The lowest BCUT2D eigenvalue weighted by molar-refractivity contribution is 0.519. The number of sulfonamides is 1. The number of hydrogen-bond acceptors (Lipinski definition) is 3. The minimum atomic E-state index is -3.65. The zero-order valence-corrected chi connectivity index (χ0v) is 13.0. The largest absolute Gasteiger partial charge is 0.385 e. The first-order valence-corrected chi connectivity index (χ1v) is 8.22. The van der Waals surface area contributed by atoms with Gasteiger partial charge in [-0.2, -0.15) is 0 Å². The van der Waals surface area contributed by atoms with E-state index in [0.29, 0.717) is 5.92 Å². The summed E-state index contributed by atoms with van der Waals surface area (Å²) in [5.74, 6) is 0.595. The fraction of sp³-hybridized carbons (Fsp3) is 0.571. The van der Waals surface area contributed by atoms with E-state index in [2.05, 4.69) is 19.2 Å². The zero-order chi connectivity index (χ0) is 14.6. The lowest BCUT2D eigenvalue weighted by atomic mass is 10.0. The van der Waals surface area contributed by atoms with Gasteiger partial charge >= 0.3 is 0 Å². The van der Waals surface area contributed by atoms with E-state index >= 15 is 0 Å². The van der Waals surface area contributed by atoms with Crippen molar-refractivity contribution in [3.8, 4) is 0 Å². The summed E-state index contributed by atoms with van der Waals surface area (Å²) in [5.41, 5.74) is 2.85. The molecule has 0 aliphatic carbocycles. The van der Waals surface area contributed by atoms with Gasteiger partial charge < -0.3 is 5.32 Å². The minimum absolute atomic E-state index is 0.169. The lowest BCUT2D eigenvalue weighted by Crippen LogP contribution is -2.16. The Hall–Kier alpha value is -1.07. The summed E-state index contributed by atoms with van der Waals surface area (Å²) in [6.07, 6.45) is 2.22. The van der Waals surface area contributed by atoms with E-state index in [1.807, 2.05) is 13.8 Å². The molecule has 0 bridgehead atoms. The molecule has 0 fully saturated rings. The molecule has 0 atom stereocenters. The van der Waals surface area contributed by atoms with Crippen LogP contribution in [0, 0.1) is 19.8 Å². The Morgan fingerprint density at radius 2 is 1.79 bits per heavy atom. The summed E-state index contributed by atoms with van der Waals surface area (Å²) in [4.78, 5) is 0.169. The quantitative estimate of drug-likeness (QED) is 0.843. The molecule has 1 aromatic carbocycles. The van der Waals surface area contributed by atoms with Crippen LogP contribution in [0.15, 0.2) is 17.0 Å². The Bertz CT molecular complexity index is 535. The molecule has 0 radical (unpaired) electrons. The fourth-order valence-electron chi connectivity index (χ4n) is 2.01. The van der Waals surface area contributed by atoms with Crippen LogP contribution in [0.1, 0.15) is 37.8 Å². The Balaban J connectivity index is 3.03. The topological polar surface area (TPSA) is 72.2 Å². The molecule has 0 saturated carbocycles. The van der Waals surface area contributed by atoms with Crippen LogP contribution >= 0.6 is 0 Å². The summed E-state index contributed by atoms with van der Waals surface area (Å²) in [5, 5.41) is 8.55. The van der Waals surface area contributed by atoms with E-state index in [1.54, 1.807) is 12.1 Å². The maximum Gasteiger partial charge on any atom is 0.238 e. The number of aryl methyl sites for hydroxylation is 1. The maximum absolute atomic E-state index is 11.4. The highest BCUT2D eigenvalue weighted by Crippen LogP contribution is 2.24. The third-order valence-corrected chi connectivity index (χ3v) is 4.60. The predicted octanol–water partition coefficient (Wildman–Crippen LogP) is 2.80. The number of hydrogen-bond donors (Lipinski definition) is 2. The molecule has 0 heterocycles. The van der Waals surface area contributed by atoms with Gasteiger partial charge in [0.15, 0.2) is 0 Å². The molecule has 1 rings (SSSR count). The lowest BCUT2D eigenvalue weighted by Gasteiger charge is -2.17. The van der Waals surface area contributed by atoms with E-state index in [1.165, 1.54) is 0 Å². The van der Waals surface area contributed by atoms with Gasteiger partial charge in [0.1, 0.15) is 0 Å². The van der Waals surface area contributed by atoms with Gasteiger partial charge in [0.05, 0.1) is 4.90 Å². The Morgan fingerprint density at radius 3 is 2.26 bits per heavy atom. The van der Waals surface area contributed by atoms with Gasteiger partial charge in [-0.3, -0.25) is 0 Å². The SMILES string of the molecule is CCC(CC)CNc1cc(S(N)(=O)=O)cc(C)c1C. The van der Waals surface area contributed by atoms with Gasteiger partial charge in [-0.1, -0.05) is 26.7 Å². The minimum Gasteiger partial charge on any atom is -0.385 e. The number of benzene rings is 1. The van der Waals surface area contributed by atoms with Crippen molar-refractivity contribution in [2.45, 2.75) is 45.4 Å². The van der Waals surface area contributed by atoms with E-state index in [9.17, 15) is 8.42 Å². The summed E-state index contributed by atoms with van der Waals surface area (Å²) >= 11 is 0. The van der Waals surface area contributed by atoms with Crippen LogP contribution < -0.4 is 10.5 Å². The van der Waals surface area contributed by atoms with E-state index in [0.717, 1.165) is 36.2 Å². The molecular weight excluding hydrogens is 260 g/mol. The number of anilines is 1. The van der Waals surface area contributed by atoms with Crippen molar-refractivity contribution >= 4 is 15.7 Å². The van der Waals surface area contributed by atoms with Gasteiger partial charge in [-0.05, 0) is 43.0 Å². The molecule has 0 amide bonds. The molecule has 0 spiro atoms. The van der Waals surface area contributed by atoms with Crippen molar-refractivity contribution < 1.29 is 8.42 Å². The molecule has 0 aromatic heterocycles. The highest BCUT2D eigenvalue weighted by molar-refractivity contribution is 7.89. The molecule has 0 aliphatic rings. The number of primary sulfonamides is 1. The first-order chi connectivity index (χ1) is 8.79. The molecular formula is C14H24N2O2S. The molecule has 1 aromatic rings. The third-order valence-electron chi connectivity index (χ3n) is 3.71. The van der Waals surface area contributed by atoms with Crippen molar-refractivity contribution in [2.24, 2.45) is 11.1 Å². The smallest absolute Gasteiger partial charge is 0.238 e. The highest BCUT2D eigenvalue weighted by Gasteiger charge is 2.13. The predicted molar refractivity (Wildman–Crippen MR) is 79.9 cm³/mol. The normalized spacial score (nSPS) is 11.9. The monoisotopic (exact) mass is 284 g/mol. The Morgan fingerprint density at radius 1 is 1.21 bits per heavy atom. The van der Waals surface area contributed by atoms with Crippen molar-refractivity contribution in [3.05, 3.63) is 23.3 Å². The number of rotatable bonds is 6. The van der Waals surface area contributed by atoms with E-state index in [4.69, 9.17) is 5.14 Å². The van der Waals surface area contributed by atoms with E-state index < -0.39 is 10.0 Å². The van der Waals surface area contributed by atoms with Crippen LogP contribution in [0.5, 0.6) is 0 Å². The number of nitrogens with one attached hydrogen (secondary N) is 1. The van der Waals surface area contributed by atoms with Crippen LogP contribution in [-0.4, -0.2) is 15.0 Å². The fourth-order valence-corrected chi connectivity index (χ4v) is 2.63. The summed E-state index contributed by atoms with van der Waals surface area (Å²) < 4.78 is 22.9. The van der Waals surface area contributed by atoms with Crippen LogP contribution in [0.4, 0.5) is 5.69 Å². The zero-order valence-electron chi connectivity index (χ0n) is 12.2. The number of nitrogens with two attached hydrogens (primary N) is 1. The average molecular weight is 284 g/mol. The van der Waals surface area contributed by atoms with Crippen molar-refractivity contribution in [3.63, 3.8) is 0 Å². The summed E-state index contributed by atoms with van der Waals surface area (Å²) in [6, 6.07) is 3.24. The molecule has 0 aliphatic heterocycles. The second-order valence-electron chi connectivity index (χ2n) is 5.02. The molecule has 0 unspecified atom stereocenters. The standard InChI is InChI=1S/C14H24N2O2S/c1-5-12(6-2)9-16-14-8-13(19(15,17)18)7-10(3)11(14)4/h7-8,12,16H,5-6,9H2,1-4H3,(H2,15,17,18). The first-order valence-electron chi connectivity index (χ1n) is 6.67. The molecule has 5 heteroatoms. The Labute approximate surface area is 116 Å². The molecule has 3 N–H and O–H groups in total. The van der Waals surface area contributed by atoms with Crippen LogP contribution in [0.25, 0.3) is 0 Å². The van der Waals surface area contributed by atoms with Gasteiger partial charge in [0.2, 0.25) is 10.0 Å². The van der Waals surface area contributed by atoms with Crippen molar-refractivity contribution in [1.82, 2.24) is 0 Å². The second kappa shape index (κ2) is 6.39. The molecule has 19 heavy (non-hydrogen) atoms. The Kier molecular flexibility index (Phi) is 5.38. The molecule has 4 nitrogen and oxygen atoms in total. The third kappa shape index (κ3) is 4.21. The summed E-state index contributed by atoms with van der Waals surface area (Å²) in [7, 11) is -3.65. The van der Waals surface area contributed by atoms with Crippen LogP contribution in [0.3, 0.4) is 0 Å². The van der Waals surface area contributed by atoms with Crippen molar-refractivity contribution in [1.29, 1.82) is 0 Å². The van der Waals surface area contributed by atoms with Gasteiger partial charge in [0, 0.05) is 12.2 Å². The summed E-state index contributed by atoms with van der Waals surface area (Å²) in [6.45, 7) is 9.05. The molecule has 0 saturated heterocycles. The molecule has 108 valence electrons. The average Bonchev–Trinajstić information content (AvgIpc) is 2.33. The highest BCUT2D eigenvalue weighted by atomic mass is 32.2. The van der Waals surface area contributed by atoms with Gasteiger partial charge in [-0.25, -0.2) is 13.6 Å². The first kappa shape index (κ1) is 16.0. The van der Waals surface area contributed by atoms with Gasteiger partial charge in [0.25, 0.3) is 0 Å². The second-order valence-corrected chi connectivity index (χ2v) is 6.58. The van der Waals surface area contributed by atoms with Crippen LogP contribution in [0.2, 0.25) is 0 Å². The van der Waals surface area contributed by atoms with E-state index in [-0.39, 0.29) is 4.90 Å². The van der Waals surface area contributed by atoms with Crippen molar-refractivity contribution in [2.75, 3.05) is 11.9 Å². The van der Waals surface area contributed by atoms with Crippen LogP contribution in [-0.2, 0) is 10.0 Å². The van der Waals surface area contributed by atoms with Gasteiger partial charge in [-0.15, -0.1) is 0 Å². The maximum atomic E-state index is 11.4.